The van der Waals surface area contributed by atoms with E-state index < -0.39 is 3.79 Å². The molecule has 0 aliphatic rings. The van der Waals surface area contributed by atoms with E-state index in [1.807, 2.05) is 36.4 Å². The van der Waals surface area contributed by atoms with Crippen molar-refractivity contribution in [3.63, 3.8) is 0 Å². The van der Waals surface area contributed by atoms with Crippen LogP contribution < -0.4 is 0 Å². The van der Waals surface area contributed by atoms with Crippen LogP contribution in [0.3, 0.4) is 0 Å². The fourth-order valence-electron chi connectivity index (χ4n) is 2.75. The third kappa shape index (κ3) is 3.26. The summed E-state index contributed by atoms with van der Waals surface area (Å²) in [6.07, 6.45) is 4.88. The second-order valence-electron chi connectivity index (χ2n) is 5.57. The van der Waals surface area contributed by atoms with Crippen LogP contribution in [0, 0.1) is 0 Å². The first-order valence-electron chi connectivity index (χ1n) is 7.55. The van der Waals surface area contributed by atoms with Gasteiger partial charge >= 0.3 is 0 Å². The number of halogens is 4. The van der Waals surface area contributed by atoms with Gasteiger partial charge in [0, 0.05) is 28.5 Å². The highest BCUT2D eigenvalue weighted by molar-refractivity contribution is 6.66. The molecule has 0 saturated heterocycles. The molecule has 0 saturated carbocycles. The number of aromatic nitrogens is 4. The van der Waals surface area contributed by atoms with Crippen molar-refractivity contribution in [2.24, 2.45) is 0 Å². The average Bonchev–Trinajstić information content (AvgIpc) is 3.00. The Balaban J connectivity index is 2.03. The van der Waals surface area contributed by atoms with E-state index in [1.54, 1.807) is 23.0 Å². The van der Waals surface area contributed by atoms with E-state index in [2.05, 4.69) is 9.97 Å². The van der Waals surface area contributed by atoms with Crippen LogP contribution in [0.1, 0.15) is 5.56 Å². The maximum atomic E-state index is 6.16. The fraction of sp³-hybridized carbons (Fsp3) is 0.0556. The van der Waals surface area contributed by atoms with Crippen molar-refractivity contribution in [1.29, 1.82) is 0 Å². The highest BCUT2D eigenvalue weighted by Gasteiger charge is 2.25. The maximum absolute atomic E-state index is 6.16. The lowest BCUT2D eigenvalue weighted by Gasteiger charge is -2.11. The van der Waals surface area contributed by atoms with Crippen LogP contribution in [0.15, 0.2) is 61.2 Å². The van der Waals surface area contributed by atoms with E-state index in [1.165, 1.54) is 6.33 Å². The number of nitrogens with zero attached hydrogens (tertiary/aromatic N) is 4. The van der Waals surface area contributed by atoms with Crippen molar-refractivity contribution in [1.82, 2.24) is 19.6 Å². The molecule has 26 heavy (non-hydrogen) atoms. The molecule has 0 N–H and O–H groups in total. The summed E-state index contributed by atoms with van der Waals surface area (Å²) < 4.78 is 0.149. The first-order chi connectivity index (χ1) is 12.4. The molecule has 0 spiro atoms. The molecule has 8 heteroatoms. The third-order valence-corrected chi connectivity index (χ3v) is 4.78. The van der Waals surface area contributed by atoms with Crippen molar-refractivity contribution in [2.75, 3.05) is 0 Å². The van der Waals surface area contributed by atoms with Gasteiger partial charge in [0.2, 0.25) is 3.79 Å². The number of rotatable bonds is 2. The van der Waals surface area contributed by atoms with E-state index >= 15 is 0 Å². The molecule has 4 rings (SSSR count). The summed E-state index contributed by atoms with van der Waals surface area (Å²) in [5.41, 5.74) is 4.54. The summed E-state index contributed by atoms with van der Waals surface area (Å²) in [5, 5.41) is 5.32. The molecular formula is C18H10Cl4N4. The minimum Gasteiger partial charge on any atom is -0.245 e. The van der Waals surface area contributed by atoms with Crippen LogP contribution in [-0.4, -0.2) is 19.6 Å². The van der Waals surface area contributed by atoms with Crippen molar-refractivity contribution in [3.05, 3.63) is 71.8 Å². The molecule has 0 amide bonds. The molecular weight excluding hydrogens is 414 g/mol. The maximum Gasteiger partial charge on any atom is 0.217 e. The Morgan fingerprint density at radius 3 is 2.54 bits per heavy atom. The fourth-order valence-corrected chi connectivity index (χ4v) is 3.27. The van der Waals surface area contributed by atoms with Crippen molar-refractivity contribution >= 4 is 51.9 Å². The van der Waals surface area contributed by atoms with Gasteiger partial charge in [0.15, 0.2) is 0 Å². The quantitative estimate of drug-likeness (QED) is 0.374. The molecule has 1 aromatic carbocycles. The Hall–Kier alpha value is -1.85. The highest BCUT2D eigenvalue weighted by atomic mass is 35.6. The lowest BCUT2D eigenvalue weighted by Crippen LogP contribution is -2.02. The van der Waals surface area contributed by atoms with E-state index in [0.29, 0.717) is 10.6 Å². The Morgan fingerprint density at radius 2 is 1.85 bits per heavy atom. The predicted octanol–water partition coefficient (Wildman–Crippen LogP) is 5.94. The second-order valence-corrected chi connectivity index (χ2v) is 8.29. The average molecular weight is 424 g/mol. The van der Waals surface area contributed by atoms with E-state index in [-0.39, 0.29) is 0 Å². The molecule has 0 aliphatic heterocycles. The van der Waals surface area contributed by atoms with Gasteiger partial charge in [-0.1, -0.05) is 64.6 Å². The Morgan fingerprint density at radius 1 is 1.00 bits per heavy atom. The van der Waals surface area contributed by atoms with Crippen LogP contribution in [-0.2, 0) is 3.79 Å². The van der Waals surface area contributed by atoms with Gasteiger partial charge in [-0.2, -0.15) is 5.10 Å². The predicted molar refractivity (Wildman–Crippen MR) is 106 cm³/mol. The summed E-state index contributed by atoms with van der Waals surface area (Å²) in [7, 11) is 0. The van der Waals surface area contributed by atoms with Gasteiger partial charge in [-0.3, -0.25) is 0 Å². The Bertz CT molecular complexity index is 1090. The second kappa shape index (κ2) is 6.71. The first-order valence-corrected chi connectivity index (χ1v) is 9.06. The number of benzene rings is 1. The van der Waals surface area contributed by atoms with Gasteiger partial charge < -0.3 is 0 Å². The molecule has 0 bridgehead atoms. The molecule has 3 aromatic heterocycles. The molecule has 0 unspecified atom stereocenters. The molecule has 4 nitrogen and oxygen atoms in total. The normalized spacial score (nSPS) is 11.8. The Kier molecular flexibility index (Phi) is 4.53. The van der Waals surface area contributed by atoms with Gasteiger partial charge in [-0.15, -0.1) is 0 Å². The summed E-state index contributed by atoms with van der Waals surface area (Å²) in [5.74, 6) is 0. The summed E-state index contributed by atoms with van der Waals surface area (Å²) >= 11 is 24.2. The van der Waals surface area contributed by atoms with E-state index in [4.69, 9.17) is 51.5 Å². The smallest absolute Gasteiger partial charge is 0.217 e. The molecule has 0 atom stereocenters. The minimum absolute atomic E-state index is 0.518. The minimum atomic E-state index is -1.54. The van der Waals surface area contributed by atoms with Crippen LogP contribution >= 0.6 is 46.4 Å². The number of hydrogen-bond acceptors (Lipinski definition) is 3. The molecule has 0 aliphatic carbocycles. The van der Waals surface area contributed by atoms with Gasteiger partial charge in [0.05, 0.1) is 16.8 Å². The SMILES string of the molecule is Clc1cccc(-c2nn3cc(C(Cl)(Cl)Cl)ccc3c2-c2ccncn2)c1. The summed E-state index contributed by atoms with van der Waals surface area (Å²) in [6, 6.07) is 12.9. The standard InChI is InChI=1S/C18H10Cl4N4/c19-13-3-1-2-11(8-13)17-16(14-6-7-23-10-24-14)15-5-4-12(18(20,21)22)9-26(15)25-17/h1-10H. The number of hydrogen-bond donors (Lipinski definition) is 0. The first kappa shape index (κ1) is 17.6. The lowest BCUT2D eigenvalue weighted by molar-refractivity contribution is 0.945. The zero-order chi connectivity index (χ0) is 18.3. The topological polar surface area (TPSA) is 43.1 Å². The van der Waals surface area contributed by atoms with Gasteiger partial charge in [-0.25, -0.2) is 14.5 Å². The summed E-state index contributed by atoms with van der Waals surface area (Å²) in [4.78, 5) is 8.36. The van der Waals surface area contributed by atoms with Gasteiger partial charge in [0.1, 0.15) is 12.0 Å². The molecule has 3 heterocycles. The molecule has 0 fully saturated rings. The van der Waals surface area contributed by atoms with Crippen LogP contribution in [0.4, 0.5) is 0 Å². The molecule has 0 radical (unpaired) electrons. The Labute approximate surface area is 169 Å². The monoisotopic (exact) mass is 422 g/mol. The zero-order valence-corrected chi connectivity index (χ0v) is 16.1. The van der Waals surface area contributed by atoms with E-state index in [0.717, 1.165) is 28.0 Å². The summed E-state index contributed by atoms with van der Waals surface area (Å²) in [6.45, 7) is 0. The molecule has 130 valence electrons. The highest BCUT2D eigenvalue weighted by Crippen LogP contribution is 2.40. The van der Waals surface area contributed by atoms with Crippen LogP contribution in [0.2, 0.25) is 5.02 Å². The third-order valence-electron chi connectivity index (χ3n) is 3.89. The van der Waals surface area contributed by atoms with Crippen molar-refractivity contribution < 1.29 is 0 Å². The van der Waals surface area contributed by atoms with Crippen molar-refractivity contribution in [3.8, 4) is 22.5 Å². The molecule has 4 aromatic rings. The van der Waals surface area contributed by atoms with Crippen LogP contribution in [0.25, 0.3) is 28.0 Å². The van der Waals surface area contributed by atoms with Gasteiger partial charge in [0.25, 0.3) is 0 Å². The number of pyridine rings is 1. The van der Waals surface area contributed by atoms with Crippen LogP contribution in [0.5, 0.6) is 0 Å². The number of fused-ring (bicyclic) bond motifs is 1. The van der Waals surface area contributed by atoms with E-state index in [9.17, 15) is 0 Å². The number of alkyl halides is 3. The lowest BCUT2D eigenvalue weighted by atomic mass is 10.0. The van der Waals surface area contributed by atoms with Gasteiger partial charge in [-0.05, 0) is 24.3 Å². The zero-order valence-electron chi connectivity index (χ0n) is 13.1. The van der Waals surface area contributed by atoms with Crippen molar-refractivity contribution in [2.45, 2.75) is 3.79 Å². The largest absolute Gasteiger partial charge is 0.245 e.